The lowest BCUT2D eigenvalue weighted by molar-refractivity contribution is -0.123. The molecule has 5 nitrogen and oxygen atoms in total. The molecule has 0 aliphatic carbocycles. The highest BCUT2D eigenvalue weighted by molar-refractivity contribution is 5.99. The van der Waals surface area contributed by atoms with Gasteiger partial charge < -0.3 is 9.30 Å². The van der Waals surface area contributed by atoms with E-state index in [4.69, 9.17) is 4.74 Å². The van der Waals surface area contributed by atoms with Crippen LogP contribution in [0.5, 0.6) is 5.75 Å². The number of hydrogen-bond acceptors (Lipinski definition) is 3. The van der Waals surface area contributed by atoms with Crippen LogP contribution in [0.2, 0.25) is 0 Å². The van der Waals surface area contributed by atoms with Gasteiger partial charge in [-0.1, -0.05) is 36.4 Å². The minimum Gasteiger partial charge on any atom is -0.484 e. The van der Waals surface area contributed by atoms with E-state index in [2.05, 4.69) is 10.5 Å². The quantitative estimate of drug-likeness (QED) is 0.582. The largest absolute Gasteiger partial charge is 0.484 e. The molecule has 3 rings (SSSR count). The van der Waals surface area contributed by atoms with Crippen LogP contribution in [0.1, 0.15) is 5.56 Å². The second-order valence-electron chi connectivity index (χ2n) is 5.11. The molecule has 0 atom stereocenters. The van der Waals surface area contributed by atoms with Crippen molar-refractivity contribution in [1.29, 1.82) is 0 Å². The number of nitrogens with zero attached hydrogens (tertiary/aromatic N) is 2. The van der Waals surface area contributed by atoms with Gasteiger partial charge in [-0.3, -0.25) is 4.79 Å². The number of nitrogens with one attached hydrogen (secondary N) is 1. The van der Waals surface area contributed by atoms with Gasteiger partial charge in [0.1, 0.15) is 5.75 Å². The van der Waals surface area contributed by atoms with E-state index in [0.29, 0.717) is 5.75 Å². The van der Waals surface area contributed by atoms with E-state index in [9.17, 15) is 4.79 Å². The maximum atomic E-state index is 11.7. The Morgan fingerprint density at radius 3 is 2.74 bits per heavy atom. The average Bonchev–Trinajstić information content (AvgIpc) is 2.91. The van der Waals surface area contributed by atoms with Crippen molar-refractivity contribution in [2.24, 2.45) is 12.1 Å². The van der Waals surface area contributed by atoms with Crippen LogP contribution in [0, 0.1) is 0 Å². The smallest absolute Gasteiger partial charge is 0.277 e. The number of hydrogen-bond donors (Lipinski definition) is 1. The summed E-state index contributed by atoms with van der Waals surface area (Å²) in [6.45, 7) is -0.0725. The third-order valence-corrected chi connectivity index (χ3v) is 3.43. The lowest BCUT2D eigenvalue weighted by atomic mass is 10.2. The molecule has 0 saturated heterocycles. The number of ether oxygens (including phenoxy) is 1. The van der Waals surface area contributed by atoms with Crippen LogP contribution in [0.3, 0.4) is 0 Å². The van der Waals surface area contributed by atoms with Crippen molar-refractivity contribution in [2.45, 2.75) is 0 Å². The van der Waals surface area contributed by atoms with Crippen molar-refractivity contribution in [3.8, 4) is 5.75 Å². The highest BCUT2D eigenvalue weighted by Gasteiger charge is 2.04. The Morgan fingerprint density at radius 2 is 1.91 bits per heavy atom. The second kappa shape index (κ2) is 6.79. The number of fused-ring (bicyclic) bond motifs is 1. The molecule has 1 heterocycles. The number of aromatic nitrogens is 1. The summed E-state index contributed by atoms with van der Waals surface area (Å²) in [5.41, 5.74) is 4.54. The number of carbonyl (C=O) groups excluding carboxylic acids is 1. The van der Waals surface area contributed by atoms with Crippen LogP contribution in [-0.2, 0) is 11.8 Å². The van der Waals surface area contributed by atoms with Crippen molar-refractivity contribution < 1.29 is 9.53 Å². The van der Waals surface area contributed by atoms with E-state index < -0.39 is 0 Å². The maximum absolute atomic E-state index is 11.7. The van der Waals surface area contributed by atoms with Crippen molar-refractivity contribution in [1.82, 2.24) is 9.99 Å². The average molecular weight is 307 g/mol. The second-order valence-corrected chi connectivity index (χ2v) is 5.11. The van der Waals surface area contributed by atoms with Crippen LogP contribution in [-0.4, -0.2) is 23.3 Å². The van der Waals surface area contributed by atoms with Gasteiger partial charge in [-0.05, 0) is 18.2 Å². The number of aryl methyl sites for hydroxylation is 1. The highest BCUT2D eigenvalue weighted by Crippen LogP contribution is 2.18. The fraction of sp³-hybridized carbons (Fsp3) is 0.111. The summed E-state index contributed by atoms with van der Waals surface area (Å²) < 4.78 is 7.38. The minimum atomic E-state index is -0.301. The summed E-state index contributed by atoms with van der Waals surface area (Å²) in [5.74, 6) is 0.353. The van der Waals surface area contributed by atoms with Crippen molar-refractivity contribution in [3.63, 3.8) is 0 Å². The Hall–Kier alpha value is -3.08. The molecule has 0 bridgehead atoms. The summed E-state index contributed by atoms with van der Waals surface area (Å²) in [7, 11) is 1.98. The van der Waals surface area contributed by atoms with Gasteiger partial charge in [0.2, 0.25) is 0 Å². The van der Waals surface area contributed by atoms with E-state index >= 15 is 0 Å². The SMILES string of the molecule is Cn1cc(C=NNC(=O)COc2ccccc2)c2ccccc21. The molecule has 23 heavy (non-hydrogen) atoms. The maximum Gasteiger partial charge on any atom is 0.277 e. The van der Waals surface area contributed by atoms with Crippen molar-refractivity contribution in [2.75, 3.05) is 6.61 Å². The van der Waals surface area contributed by atoms with Crippen LogP contribution >= 0.6 is 0 Å². The topological polar surface area (TPSA) is 55.6 Å². The zero-order chi connectivity index (χ0) is 16.1. The molecular weight excluding hydrogens is 290 g/mol. The Labute approximate surface area is 134 Å². The molecule has 1 N–H and O–H groups in total. The highest BCUT2D eigenvalue weighted by atomic mass is 16.5. The number of para-hydroxylation sites is 2. The Morgan fingerprint density at radius 1 is 1.17 bits per heavy atom. The normalized spacial score (nSPS) is 11.0. The summed E-state index contributed by atoms with van der Waals surface area (Å²) in [5, 5.41) is 5.09. The van der Waals surface area contributed by atoms with Crippen LogP contribution in [0.4, 0.5) is 0 Å². The lowest BCUT2D eigenvalue weighted by Crippen LogP contribution is -2.24. The first-order valence-electron chi connectivity index (χ1n) is 7.28. The predicted octanol–water partition coefficient (Wildman–Crippen LogP) is 2.71. The number of rotatable bonds is 5. The molecule has 1 aromatic heterocycles. The molecule has 0 aliphatic heterocycles. The molecule has 5 heteroatoms. The number of amides is 1. The standard InChI is InChI=1S/C18H17N3O2/c1-21-12-14(16-9-5-6-10-17(16)21)11-19-20-18(22)13-23-15-7-3-2-4-8-15/h2-12H,13H2,1H3,(H,20,22). The first kappa shape index (κ1) is 14.8. The molecule has 0 radical (unpaired) electrons. The Balaban J connectivity index is 1.59. The lowest BCUT2D eigenvalue weighted by Gasteiger charge is -2.03. The van der Waals surface area contributed by atoms with Crippen molar-refractivity contribution >= 4 is 23.0 Å². The van der Waals surface area contributed by atoms with Crippen LogP contribution in [0.15, 0.2) is 65.9 Å². The van der Waals surface area contributed by atoms with E-state index in [1.807, 2.05) is 60.3 Å². The van der Waals surface area contributed by atoms with E-state index in [0.717, 1.165) is 16.5 Å². The number of carbonyl (C=O) groups is 1. The van der Waals surface area contributed by atoms with Gasteiger partial charge >= 0.3 is 0 Å². The van der Waals surface area contributed by atoms with Gasteiger partial charge in [-0.2, -0.15) is 5.10 Å². The zero-order valence-electron chi connectivity index (χ0n) is 12.8. The number of benzene rings is 2. The van der Waals surface area contributed by atoms with E-state index in [-0.39, 0.29) is 12.5 Å². The minimum absolute atomic E-state index is 0.0725. The predicted molar refractivity (Wildman–Crippen MR) is 90.6 cm³/mol. The molecule has 3 aromatic rings. The molecular formula is C18H17N3O2. The molecule has 0 saturated carbocycles. The van der Waals surface area contributed by atoms with E-state index in [1.165, 1.54) is 0 Å². The fourth-order valence-corrected chi connectivity index (χ4v) is 2.35. The van der Waals surface area contributed by atoms with Crippen LogP contribution in [0.25, 0.3) is 10.9 Å². The number of hydrazone groups is 1. The van der Waals surface area contributed by atoms with Gasteiger partial charge in [0.25, 0.3) is 5.91 Å². The first-order valence-corrected chi connectivity index (χ1v) is 7.28. The fourth-order valence-electron chi connectivity index (χ4n) is 2.35. The monoisotopic (exact) mass is 307 g/mol. The van der Waals surface area contributed by atoms with Crippen molar-refractivity contribution in [3.05, 3.63) is 66.4 Å². The Kier molecular flexibility index (Phi) is 4.38. The zero-order valence-corrected chi connectivity index (χ0v) is 12.8. The summed E-state index contributed by atoms with van der Waals surface area (Å²) >= 11 is 0. The molecule has 0 fully saturated rings. The molecule has 0 unspecified atom stereocenters. The summed E-state index contributed by atoms with van der Waals surface area (Å²) in [4.78, 5) is 11.7. The molecule has 0 aliphatic rings. The molecule has 2 aromatic carbocycles. The van der Waals surface area contributed by atoms with Gasteiger partial charge in [-0.25, -0.2) is 5.43 Å². The molecule has 0 spiro atoms. The molecule has 1 amide bonds. The van der Waals surface area contributed by atoms with Gasteiger partial charge in [-0.15, -0.1) is 0 Å². The first-order chi connectivity index (χ1) is 11.2. The molecule has 116 valence electrons. The third kappa shape index (κ3) is 3.58. The van der Waals surface area contributed by atoms with Gasteiger partial charge in [0.05, 0.1) is 6.21 Å². The van der Waals surface area contributed by atoms with E-state index in [1.54, 1.807) is 18.3 Å². The Bertz CT molecular complexity index is 838. The van der Waals surface area contributed by atoms with Gasteiger partial charge in [0.15, 0.2) is 6.61 Å². The summed E-state index contributed by atoms with van der Waals surface area (Å²) in [6.07, 6.45) is 3.61. The third-order valence-electron chi connectivity index (χ3n) is 3.43. The van der Waals surface area contributed by atoms with Gasteiger partial charge in [0, 0.05) is 29.7 Å². The van der Waals surface area contributed by atoms with Crippen LogP contribution < -0.4 is 10.2 Å². The summed E-state index contributed by atoms with van der Waals surface area (Å²) in [6, 6.07) is 17.2.